The van der Waals surface area contributed by atoms with Crippen LogP contribution in [0.3, 0.4) is 0 Å². The Morgan fingerprint density at radius 1 is 0.371 bits per heavy atom. The van der Waals surface area contributed by atoms with Crippen molar-refractivity contribution in [3.8, 4) is 22.3 Å². The number of nitrogens with zero attached hydrogens (tertiary/aromatic N) is 2. The molecule has 0 saturated heterocycles. The minimum atomic E-state index is -2.49. The highest BCUT2D eigenvalue weighted by molar-refractivity contribution is 7.13. The Balaban J connectivity index is 1.10. The number of anilines is 6. The van der Waals surface area contributed by atoms with Crippen molar-refractivity contribution >= 4 is 115 Å². The van der Waals surface area contributed by atoms with E-state index in [1.54, 1.807) is 10.4 Å². The first-order chi connectivity index (χ1) is 33.7. The van der Waals surface area contributed by atoms with E-state index < -0.39 is 16.1 Å². The minimum absolute atomic E-state index is 0.912. The standard InChI is InChI=1S/C64H56N2O2Si2/c1-37-19-25-43(26-20-37)65(49-31-23-39(3)33-41(49)5)51-35-55-59(61-57(51)45-15-11-13-17-53(45)67-61)47-29-30-48-60-56(70(9,10)64(48)63(47)69(55,7)8)36-52(58-46-16-12-14-18-54(46)68-62(58)60)66(44-27-21-38(2)22-28-44)50-32-24-40(4)34-42(50)6/h11-36H,1-10H3. The summed E-state index contributed by atoms with van der Waals surface area (Å²) in [5.74, 6) is 0. The van der Waals surface area contributed by atoms with Crippen LogP contribution in [-0.2, 0) is 0 Å². The zero-order valence-electron chi connectivity index (χ0n) is 41.7. The number of rotatable bonds is 6. The first-order valence-corrected chi connectivity index (χ1v) is 30.7. The molecule has 4 heterocycles. The fraction of sp³-hybridized carbons (Fsp3) is 0.156. The average molecular weight is 941 g/mol. The molecule has 0 fully saturated rings. The smallest absolute Gasteiger partial charge is 0.145 e. The largest absolute Gasteiger partial charge is 0.455 e. The number of furan rings is 2. The van der Waals surface area contributed by atoms with Gasteiger partial charge in [0, 0.05) is 44.6 Å². The summed E-state index contributed by atoms with van der Waals surface area (Å²) in [6.07, 6.45) is 0. The highest BCUT2D eigenvalue weighted by atomic mass is 28.3. The molecule has 0 atom stereocenters. The molecule has 0 saturated carbocycles. The highest BCUT2D eigenvalue weighted by Crippen LogP contribution is 2.51. The summed E-state index contributed by atoms with van der Waals surface area (Å²) < 4.78 is 14.5. The van der Waals surface area contributed by atoms with Crippen LogP contribution in [0, 0.1) is 41.5 Å². The van der Waals surface area contributed by atoms with Crippen LogP contribution in [0.2, 0.25) is 26.2 Å². The molecule has 0 N–H and O–H groups in total. The zero-order chi connectivity index (χ0) is 48.1. The maximum Gasteiger partial charge on any atom is 0.145 e. The third kappa shape index (κ3) is 5.99. The van der Waals surface area contributed by atoms with Crippen LogP contribution >= 0.6 is 0 Å². The van der Waals surface area contributed by atoms with E-state index in [4.69, 9.17) is 8.83 Å². The topological polar surface area (TPSA) is 32.8 Å². The second kappa shape index (κ2) is 15.1. The molecule has 342 valence electrons. The Hall–Kier alpha value is -7.39. The molecule has 70 heavy (non-hydrogen) atoms. The maximum atomic E-state index is 7.24. The SMILES string of the molecule is Cc1ccc(N(c2ccc(C)cc2C)c2cc3c(c4oc5ccccc5c24)-c2ccc4c(c2[Si]3(C)C)[Si](C)(C)c2cc(N(c3ccc(C)cc3)c3ccc(C)cc3C)c3c(oc5ccccc53)c2-4)cc1. The van der Waals surface area contributed by atoms with E-state index >= 15 is 0 Å². The number of hydrogen-bond donors (Lipinski definition) is 0. The lowest BCUT2D eigenvalue weighted by Crippen LogP contribution is -2.63. The van der Waals surface area contributed by atoms with Gasteiger partial charge < -0.3 is 18.6 Å². The van der Waals surface area contributed by atoms with Gasteiger partial charge in [-0.1, -0.05) is 146 Å². The second-order valence-corrected chi connectivity index (χ2v) is 29.9. The van der Waals surface area contributed by atoms with Crippen LogP contribution in [0.1, 0.15) is 33.4 Å². The average Bonchev–Trinajstić information content (AvgIpc) is 4.04. The maximum absolute atomic E-state index is 7.24. The monoisotopic (exact) mass is 940 g/mol. The van der Waals surface area contributed by atoms with E-state index in [0.717, 1.165) is 66.6 Å². The molecule has 2 aliphatic rings. The lowest BCUT2D eigenvalue weighted by molar-refractivity contribution is 0.670. The molecule has 6 heteroatoms. The Labute approximate surface area is 412 Å². The van der Waals surface area contributed by atoms with Crippen molar-refractivity contribution in [3.05, 3.63) is 191 Å². The molecule has 0 aliphatic carbocycles. The van der Waals surface area contributed by atoms with Crippen LogP contribution < -0.4 is 30.5 Å². The van der Waals surface area contributed by atoms with Crippen molar-refractivity contribution in [2.24, 2.45) is 0 Å². The second-order valence-electron chi connectivity index (χ2n) is 21.3. The van der Waals surface area contributed by atoms with Crippen LogP contribution in [0.5, 0.6) is 0 Å². The molecule has 9 aromatic carbocycles. The van der Waals surface area contributed by atoms with Gasteiger partial charge in [-0.05, 0) is 145 Å². The summed E-state index contributed by atoms with van der Waals surface area (Å²) in [6.45, 7) is 23.6. The number of para-hydroxylation sites is 2. The summed E-state index contributed by atoms with van der Waals surface area (Å²) in [7, 11) is -4.99. The fourth-order valence-corrected chi connectivity index (χ4v) is 21.0. The molecule has 2 aliphatic heterocycles. The molecule has 0 amide bonds. The molecular formula is C64H56N2O2Si2. The summed E-state index contributed by atoms with van der Waals surface area (Å²) in [6, 6.07) is 59.1. The lowest BCUT2D eigenvalue weighted by atomic mass is 9.96. The van der Waals surface area contributed by atoms with Gasteiger partial charge in [0.05, 0.1) is 22.1 Å². The van der Waals surface area contributed by atoms with Gasteiger partial charge in [-0.2, -0.15) is 0 Å². The summed E-state index contributed by atoms with van der Waals surface area (Å²) >= 11 is 0. The van der Waals surface area contributed by atoms with E-state index in [1.165, 1.54) is 77.4 Å². The van der Waals surface area contributed by atoms with Gasteiger partial charge in [0.15, 0.2) is 0 Å². The van der Waals surface area contributed by atoms with Gasteiger partial charge >= 0.3 is 0 Å². The predicted molar refractivity (Wildman–Crippen MR) is 303 cm³/mol. The van der Waals surface area contributed by atoms with Crippen molar-refractivity contribution in [1.82, 2.24) is 0 Å². The van der Waals surface area contributed by atoms with E-state index in [-0.39, 0.29) is 0 Å². The molecule has 13 rings (SSSR count). The van der Waals surface area contributed by atoms with Crippen molar-refractivity contribution in [1.29, 1.82) is 0 Å². The molecule has 0 radical (unpaired) electrons. The molecule has 0 unspecified atom stereocenters. The molecule has 2 aromatic heterocycles. The van der Waals surface area contributed by atoms with E-state index in [2.05, 4.69) is 235 Å². The van der Waals surface area contributed by atoms with Crippen LogP contribution in [-0.4, -0.2) is 16.1 Å². The molecule has 11 aromatic rings. The summed E-state index contributed by atoms with van der Waals surface area (Å²) in [5, 5.41) is 10.5. The van der Waals surface area contributed by atoms with Gasteiger partial charge in [0.25, 0.3) is 0 Å². The van der Waals surface area contributed by atoms with Crippen LogP contribution in [0.4, 0.5) is 34.1 Å². The Bertz CT molecular complexity index is 3760. The number of fused-ring (bicyclic) bond motifs is 15. The van der Waals surface area contributed by atoms with Crippen molar-refractivity contribution < 1.29 is 8.83 Å². The van der Waals surface area contributed by atoms with Crippen molar-refractivity contribution in [3.63, 3.8) is 0 Å². The predicted octanol–water partition coefficient (Wildman–Crippen LogP) is 15.9. The Kier molecular flexibility index (Phi) is 9.18. The fourth-order valence-electron chi connectivity index (χ4n) is 12.5. The first kappa shape index (κ1) is 42.7. The number of aryl methyl sites for hydroxylation is 6. The van der Waals surface area contributed by atoms with Crippen molar-refractivity contribution in [2.45, 2.75) is 67.7 Å². The minimum Gasteiger partial charge on any atom is -0.455 e. The summed E-state index contributed by atoms with van der Waals surface area (Å²) in [5.41, 5.74) is 23.4. The lowest BCUT2D eigenvalue weighted by Gasteiger charge is -2.31. The molecule has 0 bridgehead atoms. The van der Waals surface area contributed by atoms with Crippen LogP contribution in [0.25, 0.3) is 66.1 Å². The van der Waals surface area contributed by atoms with Gasteiger partial charge in [0.2, 0.25) is 0 Å². The van der Waals surface area contributed by atoms with Gasteiger partial charge in [-0.15, -0.1) is 0 Å². The third-order valence-corrected chi connectivity index (χ3v) is 23.1. The third-order valence-electron chi connectivity index (χ3n) is 15.9. The quantitative estimate of drug-likeness (QED) is 0.156. The number of benzene rings is 9. The Morgan fingerprint density at radius 3 is 1.13 bits per heavy atom. The Morgan fingerprint density at radius 2 is 0.743 bits per heavy atom. The molecular weight excluding hydrogens is 885 g/mol. The zero-order valence-corrected chi connectivity index (χ0v) is 43.7. The van der Waals surface area contributed by atoms with E-state index in [1.807, 2.05) is 0 Å². The van der Waals surface area contributed by atoms with Crippen molar-refractivity contribution in [2.75, 3.05) is 9.80 Å². The van der Waals surface area contributed by atoms with Gasteiger partial charge in [0.1, 0.15) is 38.5 Å². The van der Waals surface area contributed by atoms with E-state index in [0.29, 0.717) is 0 Å². The molecule has 0 spiro atoms. The summed E-state index contributed by atoms with van der Waals surface area (Å²) in [4.78, 5) is 5.00. The highest BCUT2D eigenvalue weighted by Gasteiger charge is 2.50. The van der Waals surface area contributed by atoms with E-state index in [9.17, 15) is 0 Å². The normalized spacial score (nSPS) is 14.1. The molecule has 4 nitrogen and oxygen atoms in total. The van der Waals surface area contributed by atoms with Gasteiger partial charge in [-0.25, -0.2) is 0 Å². The number of hydrogen-bond acceptors (Lipinski definition) is 4. The van der Waals surface area contributed by atoms with Gasteiger partial charge in [-0.3, -0.25) is 0 Å². The van der Waals surface area contributed by atoms with Crippen LogP contribution in [0.15, 0.2) is 167 Å². The first-order valence-electron chi connectivity index (χ1n) is 24.7.